The van der Waals surface area contributed by atoms with E-state index in [1.165, 1.54) is 7.11 Å². The van der Waals surface area contributed by atoms with Crippen molar-refractivity contribution in [3.05, 3.63) is 0 Å². The normalized spacial score (nSPS) is 32.2. The highest BCUT2D eigenvalue weighted by Gasteiger charge is 2.85. The molecule has 0 radical (unpaired) electrons. The van der Waals surface area contributed by atoms with Crippen LogP contribution in [-0.4, -0.2) is 45.1 Å². The average Bonchev–Trinajstić information content (AvgIpc) is 2.87. The summed E-state index contributed by atoms with van der Waals surface area (Å²) < 4.78 is 74.7. The average molecular weight is 361 g/mol. The van der Waals surface area contributed by atoms with Gasteiger partial charge in [-0.2, -0.15) is 13.2 Å². The van der Waals surface area contributed by atoms with Crippen molar-refractivity contribution in [1.29, 1.82) is 0 Å². The van der Waals surface area contributed by atoms with E-state index in [0.29, 0.717) is 30.0 Å². The second-order valence-electron chi connectivity index (χ2n) is 6.81. The van der Waals surface area contributed by atoms with Crippen molar-refractivity contribution >= 4 is 18.3 Å². The standard InChI is InChI=1S/C12H22F3NO4SSi/c1-19-11(20-22(2,3)4)10(8-6-5-7-9-10)16(11)21(17,18)12(13,14)15/h5-9H2,1-4H3. The van der Waals surface area contributed by atoms with E-state index >= 15 is 0 Å². The van der Waals surface area contributed by atoms with Crippen molar-refractivity contribution in [3.63, 3.8) is 0 Å². The number of rotatable bonds is 4. The maximum absolute atomic E-state index is 13.0. The molecule has 130 valence electrons. The van der Waals surface area contributed by atoms with E-state index in [9.17, 15) is 21.6 Å². The zero-order chi connectivity index (χ0) is 17.0. The molecule has 10 heteroatoms. The molecule has 2 rings (SSSR count). The SMILES string of the molecule is COC1(O[Si](C)(C)C)N(S(=O)(=O)C(F)(F)F)C12CCCCC2. The highest BCUT2D eigenvalue weighted by Crippen LogP contribution is 2.64. The smallest absolute Gasteiger partial charge is 0.377 e. The Morgan fingerprint density at radius 2 is 1.59 bits per heavy atom. The number of ether oxygens (including phenoxy) is 1. The first-order valence-electron chi connectivity index (χ1n) is 7.21. The maximum Gasteiger partial charge on any atom is 0.511 e. The van der Waals surface area contributed by atoms with Crippen LogP contribution in [0.1, 0.15) is 32.1 Å². The van der Waals surface area contributed by atoms with Crippen LogP contribution >= 0.6 is 0 Å². The van der Waals surface area contributed by atoms with Crippen molar-refractivity contribution in [1.82, 2.24) is 4.31 Å². The summed E-state index contributed by atoms with van der Waals surface area (Å²) in [5.41, 5.74) is -6.59. The molecule has 0 bridgehead atoms. The third kappa shape index (κ3) is 2.52. The van der Waals surface area contributed by atoms with Gasteiger partial charge in [-0.3, -0.25) is 0 Å². The number of hydrogen-bond acceptors (Lipinski definition) is 4. The zero-order valence-corrected chi connectivity index (χ0v) is 15.0. The summed E-state index contributed by atoms with van der Waals surface area (Å²) in [6, 6.07) is 0. The summed E-state index contributed by atoms with van der Waals surface area (Å²) >= 11 is 0. The van der Waals surface area contributed by atoms with Crippen LogP contribution < -0.4 is 0 Å². The van der Waals surface area contributed by atoms with Crippen LogP contribution in [0.3, 0.4) is 0 Å². The molecule has 1 saturated heterocycles. The first-order valence-corrected chi connectivity index (χ1v) is 12.1. The van der Waals surface area contributed by atoms with Crippen LogP contribution in [-0.2, 0) is 19.2 Å². The van der Waals surface area contributed by atoms with E-state index in [2.05, 4.69) is 0 Å². The monoisotopic (exact) mass is 361 g/mol. The predicted octanol–water partition coefficient (Wildman–Crippen LogP) is 3.01. The fourth-order valence-corrected chi connectivity index (χ4v) is 6.17. The fourth-order valence-electron chi connectivity index (χ4n) is 3.39. The van der Waals surface area contributed by atoms with E-state index in [1.807, 2.05) is 0 Å². The fraction of sp³-hybridized carbons (Fsp3) is 1.00. The Labute approximate surface area is 129 Å². The van der Waals surface area contributed by atoms with Gasteiger partial charge in [0.25, 0.3) is 5.91 Å². The maximum atomic E-state index is 13.0. The van der Waals surface area contributed by atoms with Crippen molar-refractivity contribution in [2.24, 2.45) is 0 Å². The van der Waals surface area contributed by atoms with E-state index < -0.39 is 35.3 Å². The molecule has 2 atom stereocenters. The number of hydrogen-bond donors (Lipinski definition) is 0. The van der Waals surface area contributed by atoms with Crippen molar-refractivity contribution in [3.8, 4) is 0 Å². The second kappa shape index (κ2) is 5.17. The van der Waals surface area contributed by atoms with E-state index in [0.717, 1.165) is 6.42 Å². The zero-order valence-electron chi connectivity index (χ0n) is 13.2. The molecule has 0 aromatic heterocycles. The highest BCUT2D eigenvalue weighted by molar-refractivity contribution is 7.90. The molecule has 1 aliphatic carbocycles. The minimum absolute atomic E-state index is 0.320. The topological polar surface area (TPSA) is 55.6 Å². The Morgan fingerprint density at radius 3 is 1.95 bits per heavy atom. The molecule has 0 amide bonds. The number of nitrogens with zero attached hydrogens (tertiary/aromatic N) is 1. The lowest BCUT2D eigenvalue weighted by Gasteiger charge is -2.29. The lowest BCUT2D eigenvalue weighted by molar-refractivity contribution is -0.128. The molecular weight excluding hydrogens is 339 g/mol. The van der Waals surface area contributed by atoms with Crippen LogP contribution in [0.15, 0.2) is 0 Å². The number of sulfonamides is 1. The molecule has 0 aromatic carbocycles. The summed E-state index contributed by atoms with van der Waals surface area (Å²) in [6.07, 6.45) is 2.82. The van der Waals surface area contributed by atoms with Gasteiger partial charge < -0.3 is 9.16 Å². The van der Waals surface area contributed by atoms with Crippen LogP contribution in [0.4, 0.5) is 13.2 Å². The molecule has 2 unspecified atom stereocenters. The Morgan fingerprint density at radius 1 is 1.09 bits per heavy atom. The molecule has 2 fully saturated rings. The van der Waals surface area contributed by atoms with Gasteiger partial charge in [-0.25, -0.2) is 8.42 Å². The van der Waals surface area contributed by atoms with Gasteiger partial charge in [-0.1, -0.05) is 19.3 Å². The summed E-state index contributed by atoms with van der Waals surface area (Å²) in [6.45, 7) is 5.38. The minimum Gasteiger partial charge on any atom is -0.377 e. The van der Waals surface area contributed by atoms with Gasteiger partial charge in [0, 0.05) is 7.11 Å². The van der Waals surface area contributed by atoms with Crippen molar-refractivity contribution in [2.45, 2.75) is 68.7 Å². The van der Waals surface area contributed by atoms with Gasteiger partial charge >= 0.3 is 15.5 Å². The van der Waals surface area contributed by atoms with Crippen molar-refractivity contribution < 1.29 is 30.8 Å². The van der Waals surface area contributed by atoms with Crippen molar-refractivity contribution in [2.75, 3.05) is 7.11 Å². The molecule has 22 heavy (non-hydrogen) atoms. The summed E-state index contributed by atoms with van der Waals surface area (Å²) in [5.74, 6) is -1.81. The predicted molar refractivity (Wildman–Crippen MR) is 76.8 cm³/mol. The van der Waals surface area contributed by atoms with Gasteiger partial charge in [-0.05, 0) is 32.5 Å². The molecule has 1 aliphatic heterocycles. The lowest BCUT2D eigenvalue weighted by Crippen LogP contribution is -2.43. The Hall–Kier alpha value is -0.163. The number of halogens is 3. The van der Waals surface area contributed by atoms with Crippen LogP contribution in [0, 0.1) is 0 Å². The Balaban J connectivity index is 2.50. The second-order valence-corrected chi connectivity index (χ2v) is 13.0. The Kier molecular flexibility index (Phi) is 4.27. The quantitative estimate of drug-likeness (QED) is 0.439. The van der Waals surface area contributed by atoms with E-state index in [4.69, 9.17) is 9.16 Å². The van der Waals surface area contributed by atoms with E-state index in [-0.39, 0.29) is 0 Å². The van der Waals surface area contributed by atoms with Crippen LogP contribution in [0.5, 0.6) is 0 Å². The molecule has 1 saturated carbocycles. The molecule has 1 heterocycles. The third-order valence-corrected chi connectivity index (χ3v) is 6.67. The van der Waals surface area contributed by atoms with Gasteiger partial charge in [0.05, 0.1) is 0 Å². The number of methoxy groups -OCH3 is 1. The molecule has 1 spiro atoms. The molecule has 2 aliphatic rings. The van der Waals surface area contributed by atoms with Gasteiger partial charge in [0.2, 0.25) is 0 Å². The Bertz CT molecular complexity index is 540. The van der Waals surface area contributed by atoms with Gasteiger partial charge in [0.15, 0.2) is 8.32 Å². The summed E-state index contributed by atoms with van der Waals surface area (Å²) in [7, 11) is -6.63. The first kappa shape index (κ1) is 18.2. The molecule has 5 nitrogen and oxygen atoms in total. The van der Waals surface area contributed by atoms with Crippen LogP contribution in [0.25, 0.3) is 0 Å². The van der Waals surface area contributed by atoms with Crippen LogP contribution in [0.2, 0.25) is 19.6 Å². The third-order valence-electron chi connectivity index (χ3n) is 4.13. The molecular formula is C12H22F3NO4SSi. The van der Waals surface area contributed by atoms with E-state index in [1.54, 1.807) is 19.6 Å². The lowest BCUT2D eigenvalue weighted by atomic mass is 9.87. The van der Waals surface area contributed by atoms with Gasteiger partial charge in [-0.15, -0.1) is 4.31 Å². The molecule has 0 aromatic rings. The highest BCUT2D eigenvalue weighted by atomic mass is 32.2. The molecule has 0 N–H and O–H groups in total. The van der Waals surface area contributed by atoms with Gasteiger partial charge in [0.1, 0.15) is 5.54 Å². The number of alkyl halides is 3. The summed E-state index contributed by atoms with van der Waals surface area (Å²) in [5, 5.41) is 0. The first-order chi connectivity index (χ1) is 9.84. The largest absolute Gasteiger partial charge is 0.511 e. The summed E-state index contributed by atoms with van der Waals surface area (Å²) in [4.78, 5) is 0. The minimum atomic E-state index is -5.50.